The number of hydrogen-bond donors (Lipinski definition) is 0. The maximum absolute atomic E-state index is 5.43. The van der Waals surface area contributed by atoms with Gasteiger partial charge in [-0.05, 0) is 59.0 Å². The highest BCUT2D eigenvalue weighted by atomic mass is 15.2. The molecule has 7 heteroatoms. The topological polar surface area (TPSA) is 73.8 Å². The van der Waals surface area contributed by atoms with Crippen LogP contribution in [0.4, 0.5) is 0 Å². The van der Waals surface area contributed by atoms with Crippen LogP contribution in [-0.2, 0) is 0 Å². The smallest absolute Gasteiger partial charge is 0.221 e. The Morgan fingerprint density at radius 1 is 0.328 bits per heavy atom. The Hall–Kier alpha value is -8.03. The van der Waals surface area contributed by atoms with Crippen molar-refractivity contribution in [2.24, 2.45) is 0 Å². The molecular formula is C51H31N7. The molecule has 4 heterocycles. The summed E-state index contributed by atoms with van der Waals surface area (Å²) < 4.78 is 4.56. The highest BCUT2D eigenvalue weighted by Crippen LogP contribution is 2.42. The quantitative estimate of drug-likeness (QED) is 0.176. The summed E-state index contributed by atoms with van der Waals surface area (Å²) >= 11 is 0. The van der Waals surface area contributed by atoms with Gasteiger partial charge in [0.1, 0.15) is 5.65 Å². The van der Waals surface area contributed by atoms with Crippen molar-refractivity contribution in [3.63, 3.8) is 0 Å². The number of fused-ring (bicyclic) bond motifs is 10. The maximum Gasteiger partial charge on any atom is 0.221 e. The minimum absolute atomic E-state index is 0.621. The van der Waals surface area contributed by atoms with Crippen LogP contribution < -0.4 is 0 Å². The Balaban J connectivity index is 1.12. The fourth-order valence-electron chi connectivity index (χ4n) is 8.51. The third-order valence-corrected chi connectivity index (χ3v) is 11.1. The largest absolute Gasteiger partial charge is 0.278 e. The van der Waals surface area contributed by atoms with Crippen molar-refractivity contribution < 1.29 is 0 Å². The van der Waals surface area contributed by atoms with Gasteiger partial charge in [-0.3, -0.25) is 8.97 Å². The van der Waals surface area contributed by atoms with Crippen LogP contribution >= 0.6 is 0 Å². The van der Waals surface area contributed by atoms with E-state index in [1.807, 2.05) is 72.8 Å². The van der Waals surface area contributed by atoms with Crippen molar-refractivity contribution >= 4 is 60.2 Å². The van der Waals surface area contributed by atoms with Crippen LogP contribution in [-0.4, -0.2) is 33.9 Å². The lowest BCUT2D eigenvalue weighted by Crippen LogP contribution is -2.06. The standard InChI is InChI=1S/C51H31N7/c1-3-16-32(17-4-1)47-54-48(33-18-5-2-6-19-33)56-49(55-47)35-21-15-20-34(30-35)40-31-41-37-23-10-13-28-44(37)57(46(41)38-24-8-7-22-36(38)40)51-53-42-26-11-9-25-39(42)50-52-43-27-12-14-29-45(43)58(50)51/h1-31H. The van der Waals surface area contributed by atoms with Crippen molar-refractivity contribution in [2.45, 2.75) is 0 Å². The molecule has 12 rings (SSSR count). The summed E-state index contributed by atoms with van der Waals surface area (Å²) in [6.07, 6.45) is 0. The molecule has 0 saturated carbocycles. The van der Waals surface area contributed by atoms with Gasteiger partial charge in [0.05, 0.1) is 27.6 Å². The minimum atomic E-state index is 0.621. The number of imidazole rings is 1. The molecule has 0 saturated heterocycles. The van der Waals surface area contributed by atoms with Gasteiger partial charge < -0.3 is 0 Å². The third-order valence-electron chi connectivity index (χ3n) is 11.1. The summed E-state index contributed by atoms with van der Waals surface area (Å²) in [7, 11) is 0. The van der Waals surface area contributed by atoms with E-state index >= 15 is 0 Å². The van der Waals surface area contributed by atoms with Crippen molar-refractivity contribution in [1.29, 1.82) is 0 Å². The predicted octanol–water partition coefficient (Wildman–Crippen LogP) is 12.1. The summed E-state index contributed by atoms with van der Waals surface area (Å²) in [5, 5.41) is 5.56. The first kappa shape index (κ1) is 32.2. The average molecular weight is 742 g/mol. The van der Waals surface area contributed by atoms with E-state index in [9.17, 15) is 0 Å². The van der Waals surface area contributed by atoms with Crippen LogP contribution in [0.1, 0.15) is 0 Å². The zero-order valence-corrected chi connectivity index (χ0v) is 31.0. The molecule has 4 aromatic heterocycles. The lowest BCUT2D eigenvalue weighted by atomic mass is 9.94. The monoisotopic (exact) mass is 741 g/mol. The van der Waals surface area contributed by atoms with Gasteiger partial charge in [-0.1, -0.05) is 146 Å². The Kier molecular flexibility index (Phi) is 7.09. The summed E-state index contributed by atoms with van der Waals surface area (Å²) in [6, 6.07) is 65.0. The fraction of sp³-hybridized carbons (Fsp3) is 0. The lowest BCUT2D eigenvalue weighted by molar-refractivity contribution is 0.982. The predicted molar refractivity (Wildman–Crippen MR) is 235 cm³/mol. The second-order valence-electron chi connectivity index (χ2n) is 14.5. The fourth-order valence-corrected chi connectivity index (χ4v) is 8.51. The van der Waals surface area contributed by atoms with Gasteiger partial charge >= 0.3 is 0 Å². The molecular weight excluding hydrogens is 711 g/mol. The van der Waals surface area contributed by atoms with E-state index in [2.05, 4.69) is 124 Å². The van der Waals surface area contributed by atoms with Crippen molar-refractivity contribution in [3.05, 3.63) is 188 Å². The molecule has 0 bridgehead atoms. The molecule has 58 heavy (non-hydrogen) atoms. The van der Waals surface area contributed by atoms with Gasteiger partial charge in [-0.15, -0.1) is 0 Å². The molecule has 270 valence electrons. The summed E-state index contributed by atoms with van der Waals surface area (Å²) in [5.41, 5.74) is 10.9. The average Bonchev–Trinajstić information content (AvgIpc) is 3.86. The van der Waals surface area contributed by atoms with E-state index in [-0.39, 0.29) is 0 Å². The van der Waals surface area contributed by atoms with Crippen LogP contribution in [0.3, 0.4) is 0 Å². The molecule has 0 fully saturated rings. The molecule has 8 aromatic carbocycles. The Morgan fingerprint density at radius 2 is 0.862 bits per heavy atom. The Bertz CT molecular complexity index is 3510. The number of rotatable bonds is 5. The van der Waals surface area contributed by atoms with Crippen molar-refractivity contribution in [3.8, 4) is 51.2 Å². The van der Waals surface area contributed by atoms with Crippen LogP contribution in [0, 0.1) is 0 Å². The Morgan fingerprint density at radius 3 is 1.59 bits per heavy atom. The van der Waals surface area contributed by atoms with Gasteiger partial charge in [-0.25, -0.2) is 24.9 Å². The first-order chi connectivity index (χ1) is 28.8. The molecule has 0 amide bonds. The van der Waals surface area contributed by atoms with E-state index in [0.717, 1.165) is 93.9 Å². The van der Waals surface area contributed by atoms with E-state index in [1.165, 1.54) is 0 Å². The molecule has 0 aliphatic heterocycles. The molecule has 0 unspecified atom stereocenters. The molecule has 0 radical (unpaired) electrons. The number of aromatic nitrogens is 7. The lowest BCUT2D eigenvalue weighted by Gasteiger charge is -2.15. The molecule has 0 spiro atoms. The number of nitrogens with zero attached hydrogens (tertiary/aromatic N) is 7. The maximum atomic E-state index is 5.43. The highest BCUT2D eigenvalue weighted by Gasteiger charge is 2.23. The molecule has 0 aliphatic rings. The zero-order valence-electron chi connectivity index (χ0n) is 31.0. The molecule has 12 aromatic rings. The summed E-state index contributed by atoms with van der Waals surface area (Å²) in [5.74, 6) is 2.69. The van der Waals surface area contributed by atoms with E-state index in [0.29, 0.717) is 17.5 Å². The van der Waals surface area contributed by atoms with Crippen LogP contribution in [0.15, 0.2) is 188 Å². The SMILES string of the molecule is c1ccc(-c2nc(-c3ccccc3)nc(-c3cccc(-c4cc5c6ccccc6n(-c6nc7ccccc7c7nc8ccccc8n67)c5c5ccccc45)c3)n2)cc1. The summed E-state index contributed by atoms with van der Waals surface area (Å²) in [4.78, 5) is 25.6. The van der Waals surface area contributed by atoms with Crippen molar-refractivity contribution in [2.75, 3.05) is 0 Å². The van der Waals surface area contributed by atoms with Crippen molar-refractivity contribution in [1.82, 2.24) is 33.9 Å². The second kappa shape index (κ2) is 12.8. The van der Waals surface area contributed by atoms with Crippen LogP contribution in [0.5, 0.6) is 0 Å². The zero-order chi connectivity index (χ0) is 38.2. The number of benzene rings is 8. The molecule has 0 N–H and O–H groups in total. The molecule has 7 nitrogen and oxygen atoms in total. The third kappa shape index (κ3) is 4.97. The summed E-state index contributed by atoms with van der Waals surface area (Å²) in [6.45, 7) is 0. The van der Waals surface area contributed by atoms with E-state index < -0.39 is 0 Å². The number of hydrogen-bond acceptors (Lipinski definition) is 5. The van der Waals surface area contributed by atoms with E-state index in [4.69, 9.17) is 24.9 Å². The molecule has 0 atom stereocenters. The van der Waals surface area contributed by atoms with Crippen LogP contribution in [0.25, 0.3) is 111 Å². The van der Waals surface area contributed by atoms with Gasteiger partial charge in [0.15, 0.2) is 17.5 Å². The van der Waals surface area contributed by atoms with E-state index in [1.54, 1.807) is 0 Å². The Labute approximate surface area is 332 Å². The van der Waals surface area contributed by atoms with Gasteiger partial charge in [0.2, 0.25) is 5.95 Å². The van der Waals surface area contributed by atoms with Gasteiger partial charge in [-0.2, -0.15) is 0 Å². The highest BCUT2D eigenvalue weighted by molar-refractivity contribution is 6.22. The second-order valence-corrected chi connectivity index (χ2v) is 14.5. The minimum Gasteiger partial charge on any atom is -0.278 e. The normalized spacial score (nSPS) is 11.8. The first-order valence-corrected chi connectivity index (χ1v) is 19.4. The number of para-hydroxylation sites is 4. The van der Waals surface area contributed by atoms with Gasteiger partial charge in [0, 0.05) is 38.2 Å². The molecule has 0 aliphatic carbocycles. The van der Waals surface area contributed by atoms with Crippen LogP contribution in [0.2, 0.25) is 0 Å². The van der Waals surface area contributed by atoms with Gasteiger partial charge in [0.25, 0.3) is 0 Å². The first-order valence-electron chi connectivity index (χ1n) is 19.4.